The number of rotatable bonds is 5. The van der Waals surface area contributed by atoms with Gasteiger partial charge in [-0.2, -0.15) is 0 Å². The number of pyridine rings is 1. The summed E-state index contributed by atoms with van der Waals surface area (Å²) in [5, 5.41) is 0. The van der Waals surface area contributed by atoms with E-state index in [1.165, 1.54) is 11.3 Å². The van der Waals surface area contributed by atoms with Crippen LogP contribution < -0.4 is 9.64 Å². The van der Waals surface area contributed by atoms with E-state index >= 15 is 0 Å². The Morgan fingerprint density at radius 1 is 1.15 bits per heavy atom. The standard InChI is InChI=1S/C22H29N3O2/c1-18-14-20(6-8-23-18)25-11-9-24(10-12-25)16-22(7-13-27-17-22)19-4-3-5-21(15-19)26-2/h3-6,8,14-15H,7,9-13,16-17H2,1-2H3/t22-/m0/s1. The largest absolute Gasteiger partial charge is 0.497 e. The zero-order valence-corrected chi connectivity index (χ0v) is 16.4. The normalized spacial score (nSPS) is 23.6. The lowest BCUT2D eigenvalue weighted by molar-refractivity contribution is 0.147. The molecule has 144 valence electrons. The summed E-state index contributed by atoms with van der Waals surface area (Å²) in [6.45, 7) is 9.00. The minimum absolute atomic E-state index is 0.0734. The average Bonchev–Trinajstić information content (AvgIpc) is 3.18. The van der Waals surface area contributed by atoms with Crippen molar-refractivity contribution in [3.63, 3.8) is 0 Å². The molecule has 0 unspecified atom stereocenters. The molecule has 4 rings (SSSR count). The molecular formula is C22H29N3O2. The number of aryl methyl sites for hydroxylation is 1. The number of ether oxygens (including phenoxy) is 2. The summed E-state index contributed by atoms with van der Waals surface area (Å²) < 4.78 is 11.3. The Morgan fingerprint density at radius 3 is 2.70 bits per heavy atom. The van der Waals surface area contributed by atoms with Gasteiger partial charge in [-0.1, -0.05) is 12.1 Å². The SMILES string of the molecule is COc1cccc([C@]2(CN3CCN(c4ccnc(C)c4)CC3)CCOC2)c1. The Kier molecular flexibility index (Phi) is 5.32. The van der Waals surface area contributed by atoms with Gasteiger partial charge in [0.1, 0.15) is 5.75 Å². The minimum atomic E-state index is 0.0734. The van der Waals surface area contributed by atoms with E-state index in [0.717, 1.165) is 63.8 Å². The zero-order chi connectivity index (χ0) is 18.7. The molecule has 0 aliphatic carbocycles. The highest BCUT2D eigenvalue weighted by Gasteiger charge is 2.39. The van der Waals surface area contributed by atoms with Crippen LogP contribution in [0.5, 0.6) is 5.75 Å². The van der Waals surface area contributed by atoms with Crippen molar-refractivity contribution < 1.29 is 9.47 Å². The molecule has 27 heavy (non-hydrogen) atoms. The highest BCUT2D eigenvalue weighted by Crippen LogP contribution is 2.36. The molecular weight excluding hydrogens is 338 g/mol. The Balaban J connectivity index is 1.44. The Labute approximate surface area is 161 Å². The molecule has 2 aromatic rings. The lowest BCUT2D eigenvalue weighted by atomic mass is 9.79. The maximum atomic E-state index is 5.85. The van der Waals surface area contributed by atoms with Gasteiger partial charge in [-0.15, -0.1) is 0 Å². The van der Waals surface area contributed by atoms with Crippen molar-refractivity contribution >= 4 is 5.69 Å². The van der Waals surface area contributed by atoms with Crippen molar-refractivity contribution in [1.82, 2.24) is 9.88 Å². The fourth-order valence-electron chi connectivity index (χ4n) is 4.32. The fraction of sp³-hybridized carbons (Fsp3) is 0.500. The quantitative estimate of drug-likeness (QED) is 0.812. The Morgan fingerprint density at radius 2 is 2.00 bits per heavy atom. The van der Waals surface area contributed by atoms with Crippen molar-refractivity contribution in [1.29, 1.82) is 0 Å². The van der Waals surface area contributed by atoms with Crippen molar-refractivity contribution in [3.05, 3.63) is 53.9 Å². The number of benzene rings is 1. The van der Waals surface area contributed by atoms with Gasteiger partial charge >= 0.3 is 0 Å². The number of anilines is 1. The molecule has 2 aliphatic rings. The van der Waals surface area contributed by atoms with Crippen LogP contribution in [-0.2, 0) is 10.2 Å². The molecule has 0 saturated carbocycles. The molecule has 1 aromatic heterocycles. The molecule has 3 heterocycles. The fourth-order valence-corrected chi connectivity index (χ4v) is 4.32. The summed E-state index contributed by atoms with van der Waals surface area (Å²) in [7, 11) is 1.73. The molecule has 0 amide bonds. The van der Waals surface area contributed by atoms with E-state index in [4.69, 9.17) is 9.47 Å². The summed E-state index contributed by atoms with van der Waals surface area (Å²) in [4.78, 5) is 9.38. The monoisotopic (exact) mass is 367 g/mol. The Bertz CT molecular complexity index is 766. The summed E-state index contributed by atoms with van der Waals surface area (Å²) in [6, 6.07) is 12.8. The van der Waals surface area contributed by atoms with Crippen LogP contribution in [0.1, 0.15) is 17.7 Å². The van der Waals surface area contributed by atoms with Gasteiger partial charge in [-0.25, -0.2) is 0 Å². The number of piperazine rings is 1. The summed E-state index contributed by atoms with van der Waals surface area (Å²) in [5.74, 6) is 0.927. The first-order chi connectivity index (χ1) is 13.2. The second kappa shape index (κ2) is 7.87. The van der Waals surface area contributed by atoms with E-state index in [1.807, 2.05) is 12.3 Å². The van der Waals surface area contributed by atoms with E-state index < -0.39 is 0 Å². The van der Waals surface area contributed by atoms with E-state index in [-0.39, 0.29) is 5.41 Å². The molecule has 5 heteroatoms. The number of methoxy groups -OCH3 is 1. The van der Waals surface area contributed by atoms with Gasteiger partial charge in [0.15, 0.2) is 0 Å². The molecule has 1 aromatic carbocycles. The summed E-state index contributed by atoms with van der Waals surface area (Å²) in [5.41, 5.74) is 3.78. The third-order valence-electron chi connectivity index (χ3n) is 5.93. The average molecular weight is 367 g/mol. The van der Waals surface area contributed by atoms with Crippen LogP contribution in [-0.4, -0.2) is 62.9 Å². The van der Waals surface area contributed by atoms with Gasteiger partial charge in [0.05, 0.1) is 13.7 Å². The van der Waals surface area contributed by atoms with Crippen LogP contribution in [0, 0.1) is 6.92 Å². The van der Waals surface area contributed by atoms with Gasteiger partial charge < -0.3 is 14.4 Å². The highest BCUT2D eigenvalue weighted by molar-refractivity contribution is 5.46. The first-order valence-corrected chi connectivity index (χ1v) is 9.81. The second-order valence-electron chi connectivity index (χ2n) is 7.73. The minimum Gasteiger partial charge on any atom is -0.497 e. The topological polar surface area (TPSA) is 37.8 Å². The molecule has 2 saturated heterocycles. The van der Waals surface area contributed by atoms with Gasteiger partial charge in [0.25, 0.3) is 0 Å². The van der Waals surface area contributed by atoms with Crippen molar-refractivity contribution in [2.24, 2.45) is 0 Å². The maximum Gasteiger partial charge on any atom is 0.119 e. The van der Waals surface area contributed by atoms with Gasteiger partial charge in [-0.3, -0.25) is 9.88 Å². The van der Waals surface area contributed by atoms with E-state index in [9.17, 15) is 0 Å². The van der Waals surface area contributed by atoms with Crippen molar-refractivity contribution in [2.45, 2.75) is 18.8 Å². The van der Waals surface area contributed by atoms with Crippen LogP contribution in [0.4, 0.5) is 5.69 Å². The lowest BCUT2D eigenvalue weighted by Gasteiger charge is -2.40. The first-order valence-electron chi connectivity index (χ1n) is 9.81. The Hall–Kier alpha value is -2.11. The highest BCUT2D eigenvalue weighted by atomic mass is 16.5. The van der Waals surface area contributed by atoms with Crippen LogP contribution >= 0.6 is 0 Å². The van der Waals surface area contributed by atoms with Crippen molar-refractivity contribution in [3.8, 4) is 5.75 Å². The van der Waals surface area contributed by atoms with Gasteiger partial charge in [0.2, 0.25) is 0 Å². The zero-order valence-electron chi connectivity index (χ0n) is 16.4. The number of nitrogens with zero attached hydrogens (tertiary/aromatic N) is 3. The molecule has 0 spiro atoms. The van der Waals surface area contributed by atoms with Crippen LogP contribution in [0.25, 0.3) is 0 Å². The van der Waals surface area contributed by atoms with E-state index in [2.05, 4.69) is 52.0 Å². The van der Waals surface area contributed by atoms with Crippen LogP contribution in [0.2, 0.25) is 0 Å². The molecule has 2 fully saturated rings. The van der Waals surface area contributed by atoms with Crippen molar-refractivity contribution in [2.75, 3.05) is 57.9 Å². The van der Waals surface area contributed by atoms with E-state index in [1.54, 1.807) is 7.11 Å². The second-order valence-corrected chi connectivity index (χ2v) is 7.73. The van der Waals surface area contributed by atoms with E-state index in [0.29, 0.717) is 0 Å². The molecule has 0 radical (unpaired) electrons. The number of aromatic nitrogens is 1. The van der Waals surface area contributed by atoms with Crippen LogP contribution in [0.15, 0.2) is 42.6 Å². The predicted molar refractivity (Wildman–Crippen MR) is 108 cm³/mol. The van der Waals surface area contributed by atoms with Crippen LogP contribution in [0.3, 0.4) is 0 Å². The predicted octanol–water partition coefficient (Wildman–Crippen LogP) is 2.88. The summed E-state index contributed by atoms with van der Waals surface area (Å²) in [6.07, 6.45) is 2.98. The number of hydrogen-bond donors (Lipinski definition) is 0. The summed E-state index contributed by atoms with van der Waals surface area (Å²) >= 11 is 0. The molecule has 2 aliphatic heterocycles. The van der Waals surface area contributed by atoms with Gasteiger partial charge in [-0.05, 0) is 43.2 Å². The number of hydrogen-bond acceptors (Lipinski definition) is 5. The molecule has 0 N–H and O–H groups in total. The third kappa shape index (κ3) is 3.94. The maximum absolute atomic E-state index is 5.85. The molecule has 5 nitrogen and oxygen atoms in total. The molecule has 0 bridgehead atoms. The molecule has 1 atom stereocenters. The first kappa shape index (κ1) is 18.3. The third-order valence-corrected chi connectivity index (χ3v) is 5.93. The van der Waals surface area contributed by atoms with Gasteiger partial charge in [0, 0.05) is 62.3 Å². The smallest absolute Gasteiger partial charge is 0.119 e. The lowest BCUT2D eigenvalue weighted by Crippen LogP contribution is -2.51.